The third kappa shape index (κ3) is 3.89. The van der Waals surface area contributed by atoms with Crippen molar-refractivity contribution in [2.45, 2.75) is 13.0 Å². The van der Waals surface area contributed by atoms with E-state index in [9.17, 15) is 9.59 Å². The second-order valence-corrected chi connectivity index (χ2v) is 5.06. The Morgan fingerprint density at radius 1 is 1.00 bits per heavy atom. The van der Waals surface area contributed by atoms with Gasteiger partial charge in [0, 0.05) is 5.56 Å². The first kappa shape index (κ1) is 15.5. The normalized spacial score (nSPS) is 10.3. The van der Waals surface area contributed by atoms with E-state index in [1.54, 1.807) is 24.3 Å². The van der Waals surface area contributed by atoms with Crippen molar-refractivity contribution in [3.05, 3.63) is 71.5 Å². The molecule has 1 N–H and O–H groups in total. The fourth-order valence-electron chi connectivity index (χ4n) is 2.11. The molecule has 1 heterocycles. The van der Waals surface area contributed by atoms with Gasteiger partial charge in [-0.3, -0.25) is 9.59 Å². The predicted molar refractivity (Wildman–Crippen MR) is 84.7 cm³/mol. The number of hydrogen-bond donors (Lipinski definition) is 1. The Bertz CT molecular complexity index is 832. The average Bonchev–Trinajstić information content (AvgIpc) is 3.16. The van der Waals surface area contributed by atoms with Crippen LogP contribution in [0.15, 0.2) is 54.6 Å². The molecule has 0 atom stereocenters. The number of aromatic nitrogens is 4. The maximum absolute atomic E-state index is 12.2. The molecule has 0 aliphatic heterocycles. The van der Waals surface area contributed by atoms with Crippen molar-refractivity contribution in [1.29, 1.82) is 0 Å². The highest BCUT2D eigenvalue weighted by molar-refractivity contribution is 6.12. The molecular formula is C17H14N4O3. The summed E-state index contributed by atoms with van der Waals surface area (Å²) in [4.78, 5) is 24.1. The molecule has 0 unspecified atom stereocenters. The van der Waals surface area contributed by atoms with Crippen molar-refractivity contribution in [1.82, 2.24) is 20.6 Å². The smallest absolute Gasteiger partial charge is 0.240 e. The minimum absolute atomic E-state index is 0.0974. The number of nitrogens with zero attached hydrogens (tertiary/aromatic N) is 3. The van der Waals surface area contributed by atoms with Crippen LogP contribution in [0.4, 0.5) is 0 Å². The van der Waals surface area contributed by atoms with Gasteiger partial charge in [-0.2, -0.15) is 5.21 Å². The number of carbonyl (C=O) groups is 2. The Kier molecular flexibility index (Phi) is 4.71. The highest BCUT2D eigenvalue weighted by atomic mass is 16.5. The first-order chi connectivity index (χ1) is 11.7. The van der Waals surface area contributed by atoms with E-state index in [0.717, 1.165) is 5.56 Å². The summed E-state index contributed by atoms with van der Waals surface area (Å²) in [6.45, 7) is 0.403. The molecule has 0 amide bonds. The number of aromatic amines is 1. The van der Waals surface area contributed by atoms with Crippen LogP contribution in [0.2, 0.25) is 0 Å². The lowest BCUT2D eigenvalue weighted by atomic mass is 10.1. The van der Waals surface area contributed by atoms with Gasteiger partial charge in [0.15, 0.2) is 5.78 Å². The monoisotopic (exact) mass is 322 g/mol. The lowest BCUT2D eigenvalue weighted by Gasteiger charge is -2.07. The van der Waals surface area contributed by atoms with Crippen molar-refractivity contribution in [3.8, 4) is 5.75 Å². The van der Waals surface area contributed by atoms with E-state index in [2.05, 4.69) is 20.6 Å². The molecule has 0 aliphatic rings. The van der Waals surface area contributed by atoms with Crippen LogP contribution in [0.5, 0.6) is 5.75 Å². The van der Waals surface area contributed by atoms with E-state index in [1.165, 1.54) is 0 Å². The van der Waals surface area contributed by atoms with Gasteiger partial charge in [0.05, 0.1) is 6.42 Å². The van der Waals surface area contributed by atoms with Crippen LogP contribution in [-0.2, 0) is 6.61 Å². The highest BCUT2D eigenvalue weighted by Crippen LogP contribution is 2.17. The first-order valence-corrected chi connectivity index (χ1v) is 7.29. The minimum atomic E-state index is -0.482. The summed E-state index contributed by atoms with van der Waals surface area (Å²) in [7, 11) is 0. The van der Waals surface area contributed by atoms with E-state index in [4.69, 9.17) is 4.74 Å². The van der Waals surface area contributed by atoms with Gasteiger partial charge in [-0.25, -0.2) is 0 Å². The molecule has 3 rings (SSSR count). The molecule has 0 bridgehead atoms. The zero-order chi connectivity index (χ0) is 16.8. The molecule has 3 aromatic rings. The van der Waals surface area contributed by atoms with E-state index in [-0.39, 0.29) is 18.0 Å². The summed E-state index contributed by atoms with van der Waals surface area (Å²) in [6, 6.07) is 16.5. The fourth-order valence-corrected chi connectivity index (χ4v) is 2.11. The third-order valence-electron chi connectivity index (χ3n) is 3.32. The molecule has 1 aromatic heterocycles. The number of ether oxygens (including phenoxy) is 1. The summed E-state index contributed by atoms with van der Waals surface area (Å²) in [5.74, 6) is -0.337. The van der Waals surface area contributed by atoms with Crippen LogP contribution < -0.4 is 4.74 Å². The van der Waals surface area contributed by atoms with Crippen LogP contribution in [0.1, 0.15) is 33.0 Å². The van der Waals surface area contributed by atoms with E-state index in [0.29, 0.717) is 17.9 Å². The summed E-state index contributed by atoms with van der Waals surface area (Å²) in [6.07, 6.45) is -0.318. The Labute approximate surface area is 137 Å². The number of hydrogen-bond acceptors (Lipinski definition) is 6. The van der Waals surface area contributed by atoms with Gasteiger partial charge in [-0.1, -0.05) is 42.5 Å². The minimum Gasteiger partial charge on any atom is -0.489 e. The van der Waals surface area contributed by atoms with E-state index >= 15 is 0 Å². The zero-order valence-electron chi connectivity index (χ0n) is 12.7. The second-order valence-electron chi connectivity index (χ2n) is 5.06. The van der Waals surface area contributed by atoms with Crippen molar-refractivity contribution in [3.63, 3.8) is 0 Å². The summed E-state index contributed by atoms with van der Waals surface area (Å²) >= 11 is 0. The molecule has 7 heteroatoms. The number of benzene rings is 2. The quantitative estimate of drug-likeness (QED) is 0.529. The maximum Gasteiger partial charge on any atom is 0.240 e. The van der Waals surface area contributed by atoms with Crippen molar-refractivity contribution >= 4 is 11.6 Å². The molecule has 0 radical (unpaired) electrons. The third-order valence-corrected chi connectivity index (χ3v) is 3.32. The summed E-state index contributed by atoms with van der Waals surface area (Å²) < 4.78 is 5.68. The number of Topliss-reactive ketones (excluding diaryl/α,β-unsaturated/α-hetero) is 2. The number of H-pyrrole nitrogens is 1. The van der Waals surface area contributed by atoms with Crippen LogP contribution >= 0.6 is 0 Å². The largest absolute Gasteiger partial charge is 0.489 e. The van der Waals surface area contributed by atoms with Gasteiger partial charge in [-0.15, -0.1) is 10.2 Å². The van der Waals surface area contributed by atoms with Crippen molar-refractivity contribution < 1.29 is 14.3 Å². The first-order valence-electron chi connectivity index (χ1n) is 7.29. The van der Waals surface area contributed by atoms with Gasteiger partial charge < -0.3 is 4.74 Å². The number of tetrazole rings is 1. The SMILES string of the molecule is O=C(CC(=O)c1nn[nH]n1)c1cccc(OCc2ccccc2)c1. The molecule has 0 spiro atoms. The Balaban J connectivity index is 1.64. The molecule has 0 fully saturated rings. The molecule has 0 aliphatic carbocycles. The second kappa shape index (κ2) is 7.28. The Morgan fingerprint density at radius 3 is 2.58 bits per heavy atom. The summed E-state index contributed by atoms with van der Waals surface area (Å²) in [5, 5.41) is 12.6. The molecular weight excluding hydrogens is 308 g/mol. The molecule has 0 saturated carbocycles. The number of rotatable bonds is 7. The molecule has 7 nitrogen and oxygen atoms in total. The number of nitrogens with one attached hydrogen (secondary N) is 1. The van der Waals surface area contributed by atoms with Crippen LogP contribution in [0.3, 0.4) is 0 Å². The average molecular weight is 322 g/mol. The highest BCUT2D eigenvalue weighted by Gasteiger charge is 2.17. The van der Waals surface area contributed by atoms with Crippen LogP contribution in [-0.4, -0.2) is 32.2 Å². The molecule has 120 valence electrons. The van der Waals surface area contributed by atoms with Crippen molar-refractivity contribution in [2.24, 2.45) is 0 Å². The van der Waals surface area contributed by atoms with Crippen LogP contribution in [0.25, 0.3) is 0 Å². The lowest BCUT2D eigenvalue weighted by Crippen LogP contribution is -2.10. The van der Waals surface area contributed by atoms with Gasteiger partial charge in [0.1, 0.15) is 12.4 Å². The predicted octanol–water partition coefficient (Wildman–Crippen LogP) is 2.23. The molecule has 24 heavy (non-hydrogen) atoms. The summed E-state index contributed by atoms with van der Waals surface area (Å²) in [5.41, 5.74) is 1.43. The maximum atomic E-state index is 12.2. The van der Waals surface area contributed by atoms with Crippen molar-refractivity contribution in [2.75, 3.05) is 0 Å². The lowest BCUT2D eigenvalue weighted by molar-refractivity contribution is 0.0888. The van der Waals surface area contributed by atoms with Gasteiger partial charge >= 0.3 is 0 Å². The zero-order valence-corrected chi connectivity index (χ0v) is 12.7. The van der Waals surface area contributed by atoms with Gasteiger partial charge in [0.25, 0.3) is 0 Å². The topological polar surface area (TPSA) is 97.8 Å². The Hall–Kier alpha value is -3.35. The van der Waals surface area contributed by atoms with E-state index in [1.807, 2.05) is 30.3 Å². The van der Waals surface area contributed by atoms with E-state index < -0.39 is 5.78 Å². The fraction of sp³-hybridized carbons (Fsp3) is 0.118. The Morgan fingerprint density at radius 2 is 1.83 bits per heavy atom. The van der Waals surface area contributed by atoms with Crippen LogP contribution in [0, 0.1) is 0 Å². The number of ketones is 2. The molecule has 2 aromatic carbocycles. The standard InChI is InChI=1S/C17H14N4O3/c22-15(10-16(23)17-18-20-21-19-17)13-7-4-8-14(9-13)24-11-12-5-2-1-3-6-12/h1-9H,10-11H2,(H,18,19,20,21). The van der Waals surface area contributed by atoms with Gasteiger partial charge in [0.2, 0.25) is 11.6 Å². The number of carbonyl (C=O) groups excluding carboxylic acids is 2. The molecule has 0 saturated heterocycles. The van der Waals surface area contributed by atoms with Gasteiger partial charge in [-0.05, 0) is 22.9 Å².